The van der Waals surface area contributed by atoms with Gasteiger partial charge < -0.3 is 9.80 Å². The molecule has 2 heterocycles. The van der Waals surface area contributed by atoms with E-state index in [0.29, 0.717) is 17.9 Å². The van der Waals surface area contributed by atoms with E-state index in [2.05, 4.69) is 28.5 Å². The van der Waals surface area contributed by atoms with Crippen LogP contribution >= 0.6 is 0 Å². The molecule has 4 heteroatoms. The molecule has 1 amide bonds. The van der Waals surface area contributed by atoms with E-state index >= 15 is 0 Å². The minimum absolute atomic E-state index is 0.270. The highest BCUT2D eigenvalue weighted by atomic mass is 16.2. The van der Waals surface area contributed by atoms with Crippen LogP contribution in [0.2, 0.25) is 0 Å². The summed E-state index contributed by atoms with van der Waals surface area (Å²) in [6.07, 6.45) is 77.9. The van der Waals surface area contributed by atoms with Crippen LogP contribution in [0.25, 0.3) is 0 Å². The topological polar surface area (TPSA) is 26.8 Å². The Morgan fingerprint density at radius 3 is 0.915 bits per heavy atom. The fourth-order valence-electron chi connectivity index (χ4n) is 13.9. The van der Waals surface area contributed by atoms with E-state index in [1.54, 1.807) is 0 Å². The molecule has 4 fully saturated rings. The van der Waals surface area contributed by atoms with Gasteiger partial charge in [-0.25, -0.2) is 0 Å². The van der Waals surface area contributed by atoms with Gasteiger partial charge in [-0.15, -0.1) is 0 Å². The van der Waals surface area contributed by atoms with Crippen molar-refractivity contribution in [2.45, 2.75) is 373 Å². The molecule has 2 unspecified atom stereocenters. The lowest BCUT2D eigenvalue weighted by Crippen LogP contribution is -2.53. The molecule has 0 aromatic rings. The highest BCUT2D eigenvalue weighted by Gasteiger charge is 2.58. The van der Waals surface area contributed by atoms with Gasteiger partial charge in [0.1, 0.15) is 0 Å². The highest BCUT2D eigenvalue weighted by molar-refractivity contribution is 5.82. The molecule has 0 aromatic carbocycles. The Balaban J connectivity index is 1.11. The van der Waals surface area contributed by atoms with E-state index in [-0.39, 0.29) is 5.41 Å². The van der Waals surface area contributed by atoms with Crippen LogP contribution in [-0.2, 0) is 4.79 Å². The number of carbonyl (C=O) groups excluding carboxylic acids is 1. The maximum absolute atomic E-state index is 14.2. The number of carbonyl (C=O) groups is 1. The summed E-state index contributed by atoms with van der Waals surface area (Å²) in [5.74, 6) is 0.826. The zero-order chi connectivity index (χ0) is 50.0. The normalized spacial score (nSPS) is 28.0. The smallest absolute Gasteiger partial charge is 0.226 e. The standard InChI is InChI=1S/C67H129N3O/c1-63(2)68-56-51-46-44-42-40-38-36-34-32-30-28-26-24-22-20-18-16-14-12-10-8-6-4-3-5-7-9-11-13-15-17-19-21-23-25-27-29-31-33-35-37-39-41-43-45-50-54-67(55-57-68)62-65(67)66(71)70-60-58-69(59-61-70)64-52-48-47-49-53-64/h63-65H,3-62H2,1-2H3. The van der Waals surface area contributed by atoms with Gasteiger partial charge in [0.15, 0.2) is 0 Å². The molecule has 0 radical (unpaired) electrons. The van der Waals surface area contributed by atoms with Crippen LogP contribution in [0.5, 0.6) is 0 Å². The molecule has 0 aromatic heterocycles. The number of hydrogen-bond acceptors (Lipinski definition) is 3. The Morgan fingerprint density at radius 2 is 0.606 bits per heavy atom. The SMILES string of the molecule is CC(C)N1CCCCCCCCCCCCCCCCCCCCCCCCCCCCCCCCCCCCCCCCCCCCCCCCC2(CC1)CC2C(=O)N1CCN(C2CCCCC2)CC1. The molecule has 0 bridgehead atoms. The minimum Gasteiger partial charge on any atom is -0.340 e. The molecule has 2 saturated carbocycles. The third kappa shape index (κ3) is 31.3. The molecule has 418 valence electrons. The predicted molar refractivity (Wildman–Crippen MR) is 314 cm³/mol. The third-order valence-electron chi connectivity index (χ3n) is 19.2. The predicted octanol–water partition coefficient (Wildman–Crippen LogP) is 20.9. The molecular formula is C67H129N3O. The molecule has 2 saturated heterocycles. The molecule has 4 rings (SSSR count). The maximum atomic E-state index is 14.2. The van der Waals surface area contributed by atoms with E-state index in [1.165, 1.54) is 360 Å². The lowest BCUT2D eigenvalue weighted by Gasteiger charge is -2.41. The largest absolute Gasteiger partial charge is 0.340 e. The first-order valence-electron chi connectivity index (χ1n) is 33.9. The summed E-state index contributed by atoms with van der Waals surface area (Å²) in [6, 6.07) is 1.38. The van der Waals surface area contributed by atoms with Gasteiger partial charge >= 0.3 is 0 Å². The minimum atomic E-state index is 0.270. The number of nitrogens with zero attached hydrogens (tertiary/aromatic N) is 3. The second-order valence-electron chi connectivity index (χ2n) is 25.7. The van der Waals surface area contributed by atoms with Gasteiger partial charge in [-0.1, -0.05) is 308 Å². The van der Waals surface area contributed by atoms with Crippen molar-refractivity contribution in [2.75, 3.05) is 39.3 Å². The maximum Gasteiger partial charge on any atom is 0.226 e. The average molecular weight is 993 g/mol. The number of rotatable bonds is 3. The lowest BCUT2D eigenvalue weighted by molar-refractivity contribution is -0.135. The monoisotopic (exact) mass is 992 g/mol. The second-order valence-corrected chi connectivity index (χ2v) is 25.7. The van der Waals surface area contributed by atoms with Crippen LogP contribution in [0.3, 0.4) is 0 Å². The van der Waals surface area contributed by atoms with Crippen molar-refractivity contribution in [1.29, 1.82) is 0 Å². The Hall–Kier alpha value is -0.610. The van der Waals surface area contributed by atoms with Crippen molar-refractivity contribution in [3.63, 3.8) is 0 Å². The molecule has 0 N–H and O–H groups in total. The van der Waals surface area contributed by atoms with Gasteiger partial charge in [0, 0.05) is 44.2 Å². The molecule has 2 aliphatic heterocycles. The van der Waals surface area contributed by atoms with Crippen LogP contribution in [0, 0.1) is 11.3 Å². The molecule has 4 aliphatic rings. The van der Waals surface area contributed by atoms with E-state index in [4.69, 9.17) is 0 Å². The highest BCUT2D eigenvalue weighted by Crippen LogP contribution is 2.59. The van der Waals surface area contributed by atoms with E-state index in [1.807, 2.05) is 0 Å². The summed E-state index contributed by atoms with van der Waals surface area (Å²) in [4.78, 5) is 22.1. The fourth-order valence-corrected chi connectivity index (χ4v) is 13.9. The van der Waals surface area contributed by atoms with E-state index in [9.17, 15) is 4.79 Å². The van der Waals surface area contributed by atoms with Gasteiger partial charge in [-0.05, 0) is 70.9 Å². The van der Waals surface area contributed by atoms with E-state index in [0.717, 1.165) is 32.2 Å². The van der Waals surface area contributed by atoms with Crippen molar-refractivity contribution in [2.24, 2.45) is 11.3 Å². The first-order chi connectivity index (χ1) is 35.1. The molecule has 2 atom stereocenters. The van der Waals surface area contributed by atoms with Crippen molar-refractivity contribution in [3.05, 3.63) is 0 Å². The second kappa shape index (κ2) is 43.5. The summed E-state index contributed by atoms with van der Waals surface area (Å²) in [6.45, 7) is 11.4. The Kier molecular flexibility index (Phi) is 38.5. The lowest BCUT2D eigenvalue weighted by atomic mass is 9.90. The molecule has 2 aliphatic carbocycles. The number of amides is 1. The Labute approximate surface area is 446 Å². The van der Waals surface area contributed by atoms with Crippen LogP contribution in [0.4, 0.5) is 0 Å². The van der Waals surface area contributed by atoms with Crippen molar-refractivity contribution < 1.29 is 4.79 Å². The van der Waals surface area contributed by atoms with Crippen LogP contribution in [0.1, 0.15) is 361 Å². The van der Waals surface area contributed by atoms with Crippen LogP contribution in [-0.4, -0.2) is 72.0 Å². The van der Waals surface area contributed by atoms with Gasteiger partial charge in [-0.3, -0.25) is 9.69 Å². The molecular weight excluding hydrogens is 863 g/mol. The van der Waals surface area contributed by atoms with Crippen molar-refractivity contribution >= 4 is 5.91 Å². The van der Waals surface area contributed by atoms with Gasteiger partial charge in [-0.2, -0.15) is 0 Å². The zero-order valence-corrected chi connectivity index (χ0v) is 48.9. The average Bonchev–Trinajstić information content (AvgIpc) is 4.11. The Morgan fingerprint density at radius 1 is 0.324 bits per heavy atom. The summed E-state index contributed by atoms with van der Waals surface area (Å²) in [7, 11) is 0. The number of piperazine rings is 1. The van der Waals surface area contributed by atoms with Crippen LogP contribution < -0.4 is 0 Å². The summed E-state index contributed by atoms with van der Waals surface area (Å²) in [5, 5.41) is 0. The third-order valence-corrected chi connectivity index (χ3v) is 19.2. The van der Waals surface area contributed by atoms with E-state index < -0.39 is 0 Å². The fraction of sp³-hybridized carbons (Fsp3) is 0.985. The quantitative estimate of drug-likeness (QED) is 0.282. The zero-order valence-electron chi connectivity index (χ0n) is 48.9. The molecule has 4 nitrogen and oxygen atoms in total. The van der Waals surface area contributed by atoms with Crippen molar-refractivity contribution in [3.8, 4) is 0 Å². The number of hydrogen-bond donors (Lipinski definition) is 0. The van der Waals surface area contributed by atoms with Gasteiger partial charge in [0.05, 0.1) is 0 Å². The van der Waals surface area contributed by atoms with Crippen molar-refractivity contribution in [1.82, 2.24) is 14.7 Å². The summed E-state index contributed by atoms with van der Waals surface area (Å²) >= 11 is 0. The van der Waals surface area contributed by atoms with Crippen LogP contribution in [0.15, 0.2) is 0 Å². The first-order valence-corrected chi connectivity index (χ1v) is 33.9. The Bertz CT molecular complexity index is 1170. The molecule has 71 heavy (non-hydrogen) atoms. The first kappa shape index (κ1) is 62.9. The summed E-state index contributed by atoms with van der Waals surface area (Å²) < 4.78 is 0. The summed E-state index contributed by atoms with van der Waals surface area (Å²) in [5.41, 5.74) is 0.270. The molecule has 1 spiro atoms. The van der Waals surface area contributed by atoms with Gasteiger partial charge in [0.25, 0.3) is 0 Å². The van der Waals surface area contributed by atoms with Gasteiger partial charge in [0.2, 0.25) is 5.91 Å².